The Kier molecular flexibility index (Phi) is 6.16. The van der Waals surface area contributed by atoms with E-state index in [1.807, 2.05) is 11.8 Å². The molecule has 4 nitrogen and oxygen atoms in total. The van der Waals surface area contributed by atoms with Crippen LogP contribution in [0.1, 0.15) is 20.3 Å². The lowest BCUT2D eigenvalue weighted by atomic mass is 10.3. The molecule has 16 heavy (non-hydrogen) atoms. The maximum Gasteiger partial charge on any atom is 0.232 e. The second-order valence-corrected chi connectivity index (χ2v) is 5.23. The fourth-order valence-electron chi connectivity index (χ4n) is 1.55. The molecule has 0 spiro atoms. The fourth-order valence-corrected chi connectivity index (χ4v) is 2.57. The Morgan fingerprint density at radius 1 is 1.69 bits per heavy atom. The van der Waals surface area contributed by atoms with E-state index in [1.165, 1.54) is 0 Å². The van der Waals surface area contributed by atoms with E-state index in [4.69, 9.17) is 10.5 Å². The van der Waals surface area contributed by atoms with Crippen molar-refractivity contribution < 1.29 is 9.53 Å². The molecule has 0 radical (unpaired) electrons. The second-order valence-electron chi connectivity index (χ2n) is 4.20. The van der Waals surface area contributed by atoms with Crippen LogP contribution in [0.2, 0.25) is 0 Å². The Hall–Kier alpha value is -0.260. The maximum atomic E-state index is 11.8. The number of carbonyl (C=O) groups excluding carboxylic acids is 1. The first-order valence-electron chi connectivity index (χ1n) is 5.86. The van der Waals surface area contributed by atoms with Gasteiger partial charge in [0, 0.05) is 24.9 Å². The summed E-state index contributed by atoms with van der Waals surface area (Å²) in [5.74, 6) is 1.62. The summed E-state index contributed by atoms with van der Waals surface area (Å²) in [5, 5.41) is 0. The molecule has 5 heteroatoms. The van der Waals surface area contributed by atoms with Gasteiger partial charge < -0.3 is 15.4 Å². The first kappa shape index (κ1) is 13.8. The van der Waals surface area contributed by atoms with E-state index in [9.17, 15) is 4.79 Å². The van der Waals surface area contributed by atoms with Crippen LogP contribution >= 0.6 is 11.8 Å². The maximum absolute atomic E-state index is 11.8. The number of ether oxygens (including phenoxy) is 1. The van der Waals surface area contributed by atoms with E-state index in [0.29, 0.717) is 12.4 Å². The van der Waals surface area contributed by atoms with Crippen molar-refractivity contribution in [1.29, 1.82) is 0 Å². The number of nitrogens with two attached hydrogens (primary N) is 1. The highest BCUT2D eigenvalue weighted by Crippen LogP contribution is 2.09. The molecule has 1 amide bonds. The average Bonchev–Trinajstić information content (AvgIpc) is 2.28. The van der Waals surface area contributed by atoms with E-state index in [2.05, 4.69) is 6.92 Å². The molecule has 0 aromatic heterocycles. The zero-order valence-electron chi connectivity index (χ0n) is 10.1. The largest absolute Gasteiger partial charge is 0.375 e. The van der Waals surface area contributed by atoms with Gasteiger partial charge in [-0.3, -0.25) is 4.79 Å². The van der Waals surface area contributed by atoms with Crippen LogP contribution in [0.15, 0.2) is 0 Å². The summed E-state index contributed by atoms with van der Waals surface area (Å²) in [7, 11) is 0. The molecule has 2 N–H and O–H groups in total. The van der Waals surface area contributed by atoms with Crippen LogP contribution in [0.3, 0.4) is 0 Å². The number of amides is 1. The zero-order valence-corrected chi connectivity index (χ0v) is 11.0. The molecule has 1 heterocycles. The van der Waals surface area contributed by atoms with Gasteiger partial charge in [-0.05, 0) is 13.3 Å². The molecule has 0 aromatic carbocycles. The first-order valence-corrected chi connectivity index (χ1v) is 7.01. The van der Waals surface area contributed by atoms with Crippen molar-refractivity contribution >= 4 is 17.7 Å². The molecule has 1 saturated heterocycles. The van der Waals surface area contributed by atoms with Crippen molar-refractivity contribution in [2.24, 2.45) is 5.73 Å². The monoisotopic (exact) mass is 246 g/mol. The Morgan fingerprint density at radius 3 is 3.06 bits per heavy atom. The smallest absolute Gasteiger partial charge is 0.232 e. The zero-order chi connectivity index (χ0) is 12.0. The normalized spacial score (nSPS) is 23.2. The number of thioether (sulfide) groups is 1. The van der Waals surface area contributed by atoms with Gasteiger partial charge in [-0.25, -0.2) is 0 Å². The van der Waals surface area contributed by atoms with Crippen LogP contribution in [0, 0.1) is 0 Å². The van der Waals surface area contributed by atoms with Crippen LogP contribution in [0.4, 0.5) is 0 Å². The Morgan fingerprint density at radius 2 is 2.44 bits per heavy atom. The Bertz CT molecular complexity index is 226. The summed E-state index contributed by atoms with van der Waals surface area (Å²) in [4.78, 5) is 13.7. The highest BCUT2D eigenvalue weighted by Gasteiger charge is 2.20. The predicted molar refractivity (Wildman–Crippen MR) is 67.6 cm³/mol. The van der Waals surface area contributed by atoms with Crippen molar-refractivity contribution in [3.63, 3.8) is 0 Å². The van der Waals surface area contributed by atoms with E-state index in [0.717, 1.165) is 25.3 Å². The molecule has 2 unspecified atom stereocenters. The third-order valence-electron chi connectivity index (χ3n) is 2.68. The minimum absolute atomic E-state index is 0.167. The molecule has 0 aliphatic carbocycles. The summed E-state index contributed by atoms with van der Waals surface area (Å²) in [6.45, 7) is 6.17. The number of rotatable bonds is 5. The molecule has 2 atom stereocenters. The molecule has 1 rings (SSSR count). The van der Waals surface area contributed by atoms with E-state index in [-0.39, 0.29) is 18.1 Å². The molecule has 0 aromatic rings. The number of nitrogens with zero attached hydrogens (tertiary/aromatic N) is 1. The minimum Gasteiger partial charge on any atom is -0.375 e. The molecule has 1 aliphatic rings. The van der Waals surface area contributed by atoms with Gasteiger partial charge in [-0.1, -0.05) is 6.92 Å². The molecule has 0 bridgehead atoms. The summed E-state index contributed by atoms with van der Waals surface area (Å²) >= 11 is 1.63. The third-order valence-corrected chi connectivity index (χ3v) is 3.79. The lowest BCUT2D eigenvalue weighted by Gasteiger charge is -2.31. The first-order chi connectivity index (χ1) is 7.63. The topological polar surface area (TPSA) is 55.6 Å². The highest BCUT2D eigenvalue weighted by molar-refractivity contribution is 7.99. The second kappa shape index (κ2) is 7.14. The quantitative estimate of drug-likeness (QED) is 0.776. The number of carbonyl (C=O) groups is 1. The van der Waals surface area contributed by atoms with Crippen LogP contribution in [-0.4, -0.2) is 54.2 Å². The summed E-state index contributed by atoms with van der Waals surface area (Å²) in [6.07, 6.45) is 1.14. The SMILES string of the molecule is CCC(N)CSCC(=O)N1CCOC(C)C1. The van der Waals surface area contributed by atoms with Crippen LogP contribution < -0.4 is 5.73 Å². The lowest BCUT2D eigenvalue weighted by Crippen LogP contribution is -2.45. The highest BCUT2D eigenvalue weighted by atomic mass is 32.2. The average molecular weight is 246 g/mol. The van der Waals surface area contributed by atoms with Crippen LogP contribution in [-0.2, 0) is 9.53 Å². The van der Waals surface area contributed by atoms with E-state index >= 15 is 0 Å². The van der Waals surface area contributed by atoms with Gasteiger partial charge >= 0.3 is 0 Å². The Balaban J connectivity index is 2.19. The summed E-state index contributed by atoms with van der Waals surface area (Å²) in [5.41, 5.74) is 5.79. The van der Waals surface area contributed by atoms with Crippen molar-refractivity contribution in [1.82, 2.24) is 4.90 Å². The van der Waals surface area contributed by atoms with Gasteiger partial charge in [0.1, 0.15) is 0 Å². The van der Waals surface area contributed by atoms with Crippen LogP contribution in [0.5, 0.6) is 0 Å². The standard InChI is InChI=1S/C11H22N2O2S/c1-3-10(12)7-16-8-11(14)13-4-5-15-9(2)6-13/h9-10H,3-8,12H2,1-2H3. The third kappa shape index (κ3) is 4.72. The van der Waals surface area contributed by atoms with Gasteiger partial charge in [-0.15, -0.1) is 0 Å². The van der Waals surface area contributed by atoms with Gasteiger partial charge in [0.15, 0.2) is 0 Å². The summed E-state index contributed by atoms with van der Waals surface area (Å²) < 4.78 is 5.40. The summed E-state index contributed by atoms with van der Waals surface area (Å²) in [6, 6.07) is 0.210. The van der Waals surface area contributed by atoms with E-state index < -0.39 is 0 Å². The number of hydrogen-bond acceptors (Lipinski definition) is 4. The van der Waals surface area contributed by atoms with Gasteiger partial charge in [0.25, 0.3) is 0 Å². The number of hydrogen-bond donors (Lipinski definition) is 1. The number of morpholine rings is 1. The van der Waals surface area contributed by atoms with E-state index in [1.54, 1.807) is 11.8 Å². The molecule has 0 saturated carbocycles. The van der Waals surface area contributed by atoms with Crippen LogP contribution in [0.25, 0.3) is 0 Å². The molecular weight excluding hydrogens is 224 g/mol. The van der Waals surface area contributed by atoms with Crippen molar-refractivity contribution in [2.45, 2.75) is 32.4 Å². The predicted octanol–water partition coefficient (Wildman–Crippen LogP) is 0.704. The molecule has 1 fully saturated rings. The lowest BCUT2D eigenvalue weighted by molar-refractivity contribution is -0.135. The molecule has 94 valence electrons. The van der Waals surface area contributed by atoms with Crippen molar-refractivity contribution in [2.75, 3.05) is 31.2 Å². The Labute approximate surface area is 102 Å². The minimum atomic E-state index is 0.167. The van der Waals surface area contributed by atoms with Gasteiger partial charge in [0.05, 0.1) is 18.5 Å². The molecule has 1 aliphatic heterocycles. The molecular formula is C11H22N2O2S. The van der Waals surface area contributed by atoms with Gasteiger partial charge in [0.2, 0.25) is 5.91 Å². The van der Waals surface area contributed by atoms with Crippen molar-refractivity contribution in [3.8, 4) is 0 Å². The van der Waals surface area contributed by atoms with Crippen molar-refractivity contribution in [3.05, 3.63) is 0 Å². The fraction of sp³-hybridized carbons (Fsp3) is 0.909. The van der Waals surface area contributed by atoms with Gasteiger partial charge in [-0.2, -0.15) is 11.8 Å².